The van der Waals surface area contributed by atoms with Gasteiger partial charge in [-0.2, -0.15) is 0 Å². The maximum atomic E-state index is 6.42. The van der Waals surface area contributed by atoms with Gasteiger partial charge in [-0.15, -0.1) is 6.58 Å². The summed E-state index contributed by atoms with van der Waals surface area (Å²) in [7, 11) is 0. The standard InChI is InChI=1S/C24H31NO3/c1-5-15-27-23-22(26-16-14-18-10-8-7-9-11-18)20-17-19(25-6-2)12-13-21(20)28-24(23,3)4/h5,7-13,17,22-23,25H,1,6,14-16H2,2-4H3. The van der Waals surface area contributed by atoms with Crippen molar-refractivity contribution in [2.24, 2.45) is 0 Å². The largest absolute Gasteiger partial charge is 0.485 e. The number of benzene rings is 2. The molecule has 0 saturated carbocycles. The fourth-order valence-electron chi connectivity index (χ4n) is 3.63. The highest BCUT2D eigenvalue weighted by molar-refractivity contribution is 5.53. The minimum atomic E-state index is -0.507. The Kier molecular flexibility index (Phi) is 6.76. The number of hydrogen-bond acceptors (Lipinski definition) is 4. The summed E-state index contributed by atoms with van der Waals surface area (Å²) in [6.45, 7) is 11.9. The van der Waals surface area contributed by atoms with Crippen LogP contribution in [0.15, 0.2) is 61.2 Å². The average Bonchev–Trinajstić information content (AvgIpc) is 2.68. The van der Waals surface area contributed by atoms with Gasteiger partial charge in [-0.25, -0.2) is 0 Å². The zero-order valence-corrected chi connectivity index (χ0v) is 17.1. The fourth-order valence-corrected chi connectivity index (χ4v) is 3.63. The Hall–Kier alpha value is -2.30. The van der Waals surface area contributed by atoms with Gasteiger partial charge in [0.2, 0.25) is 0 Å². The van der Waals surface area contributed by atoms with E-state index in [1.54, 1.807) is 6.08 Å². The third-order valence-electron chi connectivity index (χ3n) is 4.95. The van der Waals surface area contributed by atoms with Crippen molar-refractivity contribution in [3.8, 4) is 5.75 Å². The van der Waals surface area contributed by atoms with Crippen LogP contribution in [0.5, 0.6) is 5.75 Å². The molecule has 4 heteroatoms. The highest BCUT2D eigenvalue weighted by Gasteiger charge is 2.45. The molecule has 0 spiro atoms. The van der Waals surface area contributed by atoms with Crippen LogP contribution in [0.1, 0.15) is 38.0 Å². The zero-order chi connectivity index (χ0) is 20.0. The summed E-state index contributed by atoms with van der Waals surface area (Å²) in [4.78, 5) is 0. The molecule has 0 saturated heterocycles. The lowest BCUT2D eigenvalue weighted by Crippen LogP contribution is -2.51. The average molecular weight is 382 g/mol. The molecule has 1 N–H and O–H groups in total. The third kappa shape index (κ3) is 4.75. The van der Waals surface area contributed by atoms with Gasteiger partial charge in [-0.05, 0) is 51.0 Å². The first-order chi connectivity index (χ1) is 13.5. The number of nitrogens with one attached hydrogen (secondary N) is 1. The Labute approximate surface area is 168 Å². The Morgan fingerprint density at radius 1 is 1.14 bits per heavy atom. The van der Waals surface area contributed by atoms with E-state index < -0.39 is 5.60 Å². The van der Waals surface area contributed by atoms with Gasteiger partial charge in [0.15, 0.2) is 0 Å². The highest BCUT2D eigenvalue weighted by Crippen LogP contribution is 2.44. The SMILES string of the molecule is C=CCOC1C(OCCc2ccccc2)c2cc(NCC)ccc2OC1(C)C. The minimum absolute atomic E-state index is 0.207. The van der Waals surface area contributed by atoms with Crippen LogP contribution >= 0.6 is 0 Å². The first kappa shape index (κ1) is 20.4. The van der Waals surface area contributed by atoms with E-state index in [-0.39, 0.29) is 12.2 Å². The summed E-state index contributed by atoms with van der Waals surface area (Å²) >= 11 is 0. The predicted octanol–water partition coefficient (Wildman–Crippen LogP) is 5.16. The molecule has 0 radical (unpaired) electrons. The number of ether oxygens (including phenoxy) is 3. The molecule has 0 aliphatic carbocycles. The Bertz CT molecular complexity index is 773. The molecule has 1 aliphatic rings. The van der Waals surface area contributed by atoms with Gasteiger partial charge in [-0.3, -0.25) is 0 Å². The van der Waals surface area contributed by atoms with Crippen LogP contribution < -0.4 is 10.1 Å². The lowest BCUT2D eigenvalue weighted by atomic mass is 9.87. The molecule has 0 bridgehead atoms. The van der Waals surface area contributed by atoms with E-state index in [1.807, 2.05) is 18.2 Å². The van der Waals surface area contributed by atoms with Gasteiger partial charge >= 0.3 is 0 Å². The number of hydrogen-bond donors (Lipinski definition) is 1. The molecular weight excluding hydrogens is 350 g/mol. The van der Waals surface area contributed by atoms with Crippen molar-refractivity contribution in [1.82, 2.24) is 0 Å². The van der Waals surface area contributed by atoms with Gasteiger partial charge in [-0.1, -0.05) is 36.4 Å². The smallest absolute Gasteiger partial charge is 0.132 e. The van der Waals surface area contributed by atoms with Gasteiger partial charge in [0.25, 0.3) is 0 Å². The van der Waals surface area contributed by atoms with Crippen LogP contribution in [0.3, 0.4) is 0 Å². The lowest BCUT2D eigenvalue weighted by molar-refractivity contribution is -0.156. The molecule has 1 aliphatic heterocycles. The van der Waals surface area contributed by atoms with Crippen molar-refractivity contribution in [1.29, 1.82) is 0 Å². The van der Waals surface area contributed by atoms with E-state index in [0.29, 0.717) is 13.2 Å². The maximum absolute atomic E-state index is 6.42. The van der Waals surface area contributed by atoms with Crippen molar-refractivity contribution < 1.29 is 14.2 Å². The molecule has 150 valence electrons. The van der Waals surface area contributed by atoms with Gasteiger partial charge < -0.3 is 19.5 Å². The number of anilines is 1. The molecule has 28 heavy (non-hydrogen) atoms. The van der Waals surface area contributed by atoms with Crippen LogP contribution in [0.2, 0.25) is 0 Å². The first-order valence-corrected chi connectivity index (χ1v) is 10.00. The number of rotatable bonds is 9. The quantitative estimate of drug-likeness (QED) is 0.609. The van der Waals surface area contributed by atoms with Crippen molar-refractivity contribution >= 4 is 5.69 Å². The van der Waals surface area contributed by atoms with Gasteiger partial charge in [0.1, 0.15) is 23.6 Å². The van der Waals surface area contributed by atoms with Crippen LogP contribution in [-0.2, 0) is 15.9 Å². The highest BCUT2D eigenvalue weighted by atomic mass is 16.6. The van der Waals surface area contributed by atoms with Gasteiger partial charge in [0, 0.05) is 17.8 Å². The third-order valence-corrected chi connectivity index (χ3v) is 4.95. The lowest BCUT2D eigenvalue weighted by Gasteiger charge is -2.44. The predicted molar refractivity (Wildman–Crippen MR) is 114 cm³/mol. The second kappa shape index (κ2) is 9.26. The van der Waals surface area contributed by atoms with E-state index in [0.717, 1.165) is 30.0 Å². The van der Waals surface area contributed by atoms with Crippen molar-refractivity contribution in [3.05, 3.63) is 72.3 Å². The van der Waals surface area contributed by atoms with Crippen LogP contribution in [0, 0.1) is 0 Å². The van der Waals surface area contributed by atoms with E-state index in [4.69, 9.17) is 14.2 Å². The van der Waals surface area contributed by atoms with Crippen molar-refractivity contribution in [2.75, 3.05) is 25.1 Å². The van der Waals surface area contributed by atoms with Gasteiger partial charge in [0.05, 0.1) is 13.2 Å². The Balaban J connectivity index is 1.86. The van der Waals surface area contributed by atoms with E-state index in [9.17, 15) is 0 Å². The maximum Gasteiger partial charge on any atom is 0.132 e. The molecule has 0 fully saturated rings. The Morgan fingerprint density at radius 2 is 1.93 bits per heavy atom. The van der Waals surface area contributed by atoms with E-state index in [1.165, 1.54) is 5.56 Å². The molecule has 2 aromatic rings. The monoisotopic (exact) mass is 381 g/mol. The summed E-state index contributed by atoms with van der Waals surface area (Å²) in [5.74, 6) is 0.856. The molecule has 2 unspecified atom stereocenters. The summed E-state index contributed by atoms with van der Waals surface area (Å²) in [6.07, 6.45) is 2.18. The second-order valence-electron chi connectivity index (χ2n) is 7.56. The fraction of sp³-hybridized carbons (Fsp3) is 0.417. The summed E-state index contributed by atoms with van der Waals surface area (Å²) < 4.78 is 18.8. The van der Waals surface area contributed by atoms with Crippen molar-refractivity contribution in [3.63, 3.8) is 0 Å². The van der Waals surface area contributed by atoms with E-state index >= 15 is 0 Å². The minimum Gasteiger partial charge on any atom is -0.485 e. The summed E-state index contributed by atoms with van der Waals surface area (Å²) in [5.41, 5.74) is 2.84. The first-order valence-electron chi connectivity index (χ1n) is 10.00. The normalized spacial score (nSPS) is 20.1. The molecule has 0 amide bonds. The molecule has 1 heterocycles. The zero-order valence-electron chi connectivity index (χ0n) is 17.1. The van der Waals surface area contributed by atoms with Crippen molar-refractivity contribution in [2.45, 2.75) is 45.0 Å². The van der Waals surface area contributed by atoms with Crippen LogP contribution in [0.25, 0.3) is 0 Å². The second-order valence-corrected chi connectivity index (χ2v) is 7.56. The van der Waals surface area contributed by atoms with E-state index in [2.05, 4.69) is 63.0 Å². The van der Waals surface area contributed by atoms with Crippen LogP contribution in [-0.4, -0.2) is 31.5 Å². The molecule has 2 atom stereocenters. The number of fused-ring (bicyclic) bond motifs is 1. The van der Waals surface area contributed by atoms with Crippen LogP contribution in [0.4, 0.5) is 5.69 Å². The molecule has 2 aromatic carbocycles. The molecule has 0 aromatic heterocycles. The molecular formula is C24H31NO3. The topological polar surface area (TPSA) is 39.7 Å². The summed E-state index contributed by atoms with van der Waals surface area (Å²) in [6, 6.07) is 16.6. The molecule has 3 rings (SSSR count). The summed E-state index contributed by atoms with van der Waals surface area (Å²) in [5, 5.41) is 3.37. The molecule has 4 nitrogen and oxygen atoms in total. The Morgan fingerprint density at radius 3 is 2.64 bits per heavy atom.